The van der Waals surface area contributed by atoms with Crippen molar-refractivity contribution < 1.29 is 8.42 Å². The van der Waals surface area contributed by atoms with Gasteiger partial charge >= 0.3 is 0 Å². The molecule has 0 heterocycles. The number of hydrogen-bond donors (Lipinski definition) is 4. The molecule has 1 aliphatic carbocycles. The van der Waals surface area contributed by atoms with Crippen molar-refractivity contribution >= 4 is 45.8 Å². The lowest BCUT2D eigenvalue weighted by molar-refractivity contribution is 0.555. The molecule has 1 aromatic carbocycles. The molecule has 0 unspecified atom stereocenters. The van der Waals surface area contributed by atoms with Crippen molar-refractivity contribution in [2.24, 2.45) is 10.7 Å². The predicted octanol–water partition coefficient (Wildman–Crippen LogP) is 1.74. The van der Waals surface area contributed by atoms with E-state index < -0.39 is 10.2 Å². The van der Waals surface area contributed by atoms with Gasteiger partial charge in [-0.15, -0.1) is 24.0 Å². The third-order valence-electron chi connectivity index (χ3n) is 3.74. The Morgan fingerprint density at radius 1 is 1.28 bits per heavy atom. The molecule has 0 saturated heterocycles. The summed E-state index contributed by atoms with van der Waals surface area (Å²) in [6.45, 7) is 3.99. The number of anilines is 1. The first-order valence-electron chi connectivity index (χ1n) is 8.32. The van der Waals surface area contributed by atoms with Crippen molar-refractivity contribution in [2.45, 2.75) is 45.6 Å². The van der Waals surface area contributed by atoms with Gasteiger partial charge in [-0.3, -0.25) is 4.99 Å². The lowest BCUT2D eigenvalue weighted by Gasteiger charge is -2.19. The normalized spacial score (nSPS) is 14.8. The Hall–Kier alpha value is -0.910. The second kappa shape index (κ2) is 10.3. The van der Waals surface area contributed by atoms with Gasteiger partial charge in [-0.05, 0) is 56.7 Å². The van der Waals surface area contributed by atoms with Crippen LogP contribution in [0.5, 0.6) is 0 Å². The van der Waals surface area contributed by atoms with Gasteiger partial charge in [-0.2, -0.15) is 13.1 Å². The van der Waals surface area contributed by atoms with E-state index in [0.717, 1.165) is 18.5 Å². The molecule has 9 heteroatoms. The maximum atomic E-state index is 11.6. The molecule has 25 heavy (non-hydrogen) atoms. The third kappa shape index (κ3) is 7.47. The lowest BCUT2D eigenvalue weighted by Crippen LogP contribution is -2.41. The Bertz CT molecular complexity index is 692. The summed E-state index contributed by atoms with van der Waals surface area (Å²) in [6.07, 6.45) is 4.57. The Morgan fingerprint density at radius 2 is 2.00 bits per heavy atom. The highest BCUT2D eigenvalue weighted by Crippen LogP contribution is 2.27. The first-order chi connectivity index (χ1) is 11.4. The van der Waals surface area contributed by atoms with Crippen LogP contribution < -0.4 is 20.5 Å². The minimum absolute atomic E-state index is 0. The van der Waals surface area contributed by atoms with Gasteiger partial charge in [0, 0.05) is 18.3 Å². The van der Waals surface area contributed by atoms with Crippen LogP contribution in [0.4, 0.5) is 5.69 Å². The first kappa shape index (κ1) is 22.1. The Kier molecular flexibility index (Phi) is 9.11. The highest BCUT2D eigenvalue weighted by Gasteiger charge is 2.13. The van der Waals surface area contributed by atoms with Crippen LogP contribution in [0.1, 0.15) is 37.8 Å². The second-order valence-corrected chi connectivity index (χ2v) is 7.74. The minimum Gasteiger partial charge on any atom is -0.370 e. The van der Waals surface area contributed by atoms with Crippen LogP contribution in [0, 0.1) is 0 Å². The lowest BCUT2D eigenvalue weighted by atomic mass is 9.90. The summed E-state index contributed by atoms with van der Waals surface area (Å²) >= 11 is 0. The van der Waals surface area contributed by atoms with Crippen molar-refractivity contribution in [2.75, 3.05) is 18.4 Å². The van der Waals surface area contributed by atoms with Gasteiger partial charge in [0.15, 0.2) is 5.96 Å². The molecule has 7 nitrogen and oxygen atoms in total. The van der Waals surface area contributed by atoms with E-state index in [1.54, 1.807) is 13.8 Å². The molecule has 5 N–H and O–H groups in total. The van der Waals surface area contributed by atoms with Crippen LogP contribution in [0.3, 0.4) is 0 Å². The van der Waals surface area contributed by atoms with E-state index in [1.807, 2.05) is 12.1 Å². The monoisotopic (exact) mass is 481 g/mol. The molecule has 2 rings (SSSR count). The molecule has 0 radical (unpaired) electrons. The summed E-state index contributed by atoms with van der Waals surface area (Å²) in [7, 11) is -3.48. The number of nitrogens with zero attached hydrogens (tertiary/aromatic N) is 1. The molecule has 142 valence electrons. The molecule has 0 aromatic heterocycles. The van der Waals surface area contributed by atoms with Crippen LogP contribution in [0.25, 0.3) is 0 Å². The van der Waals surface area contributed by atoms with Crippen LogP contribution in [-0.4, -0.2) is 33.5 Å². The van der Waals surface area contributed by atoms with Gasteiger partial charge < -0.3 is 11.1 Å². The number of nitrogens with two attached hydrogens (primary N) is 1. The highest BCUT2D eigenvalue weighted by atomic mass is 127. The number of guanidine groups is 1. The molecular formula is C16H28IN5O2S. The van der Waals surface area contributed by atoms with E-state index in [1.165, 1.54) is 24.0 Å². The number of benzene rings is 1. The molecule has 0 bridgehead atoms. The fourth-order valence-corrected chi connectivity index (χ4v) is 3.85. The van der Waals surface area contributed by atoms with Gasteiger partial charge in [0.05, 0.1) is 6.54 Å². The number of aliphatic imine (C=N–C) groups is 1. The number of fused-ring (bicyclic) bond motifs is 1. The molecule has 1 aliphatic rings. The molecule has 0 atom stereocenters. The van der Waals surface area contributed by atoms with Crippen LogP contribution in [0.2, 0.25) is 0 Å². The number of nitrogens with one attached hydrogen (secondary N) is 3. The van der Waals surface area contributed by atoms with E-state index >= 15 is 0 Å². The number of aryl methyl sites for hydroxylation is 1. The van der Waals surface area contributed by atoms with Crippen LogP contribution in [-0.2, 0) is 23.1 Å². The van der Waals surface area contributed by atoms with E-state index in [4.69, 9.17) is 5.73 Å². The summed E-state index contributed by atoms with van der Waals surface area (Å²) in [5, 5.41) is 3.13. The fourth-order valence-electron chi connectivity index (χ4n) is 2.78. The maximum absolute atomic E-state index is 11.6. The van der Waals surface area contributed by atoms with Crippen molar-refractivity contribution in [3.05, 3.63) is 29.3 Å². The van der Waals surface area contributed by atoms with Gasteiger partial charge in [-0.25, -0.2) is 4.72 Å². The highest BCUT2D eigenvalue weighted by molar-refractivity contribution is 14.0. The van der Waals surface area contributed by atoms with E-state index in [-0.39, 0.29) is 43.1 Å². The largest absolute Gasteiger partial charge is 0.370 e. The van der Waals surface area contributed by atoms with Crippen molar-refractivity contribution in [3.63, 3.8) is 0 Å². The second-order valence-electron chi connectivity index (χ2n) is 6.21. The average Bonchev–Trinajstić information content (AvgIpc) is 2.51. The molecule has 0 aliphatic heterocycles. The number of rotatable bonds is 7. The first-order valence-corrected chi connectivity index (χ1v) is 9.80. The summed E-state index contributed by atoms with van der Waals surface area (Å²) in [6, 6.07) is 6.03. The minimum atomic E-state index is -3.48. The molecule has 1 aromatic rings. The van der Waals surface area contributed by atoms with Crippen LogP contribution in [0.15, 0.2) is 23.2 Å². The molecule has 0 amide bonds. The molecule has 0 saturated carbocycles. The summed E-state index contributed by atoms with van der Waals surface area (Å²) < 4.78 is 28.1. The van der Waals surface area contributed by atoms with E-state index in [9.17, 15) is 8.42 Å². The smallest absolute Gasteiger partial charge is 0.277 e. The summed E-state index contributed by atoms with van der Waals surface area (Å²) in [5.74, 6) is 0.296. The topological polar surface area (TPSA) is 109 Å². The standard InChI is InChI=1S/C16H27N5O2S.HI/c1-12(2)21-24(22,23)19-11-10-18-16(17)20-15-9-5-7-13-6-3-4-8-14(13)15;/h5,7,9,12,19,21H,3-4,6,8,10-11H2,1-2H3,(H3,17,18,20);1H. The van der Waals surface area contributed by atoms with Crippen LogP contribution >= 0.6 is 24.0 Å². The van der Waals surface area contributed by atoms with Crippen molar-refractivity contribution in [1.29, 1.82) is 0 Å². The Balaban J connectivity index is 0.00000312. The van der Waals surface area contributed by atoms with E-state index in [2.05, 4.69) is 25.8 Å². The maximum Gasteiger partial charge on any atom is 0.277 e. The number of halogens is 1. The van der Waals surface area contributed by atoms with Gasteiger partial charge in [0.1, 0.15) is 0 Å². The third-order valence-corrected chi connectivity index (χ3v) is 5.10. The summed E-state index contributed by atoms with van der Waals surface area (Å²) in [5.41, 5.74) is 9.59. The Morgan fingerprint density at radius 3 is 2.72 bits per heavy atom. The van der Waals surface area contributed by atoms with Gasteiger partial charge in [0.2, 0.25) is 0 Å². The predicted molar refractivity (Wildman–Crippen MR) is 114 cm³/mol. The van der Waals surface area contributed by atoms with E-state index in [0.29, 0.717) is 5.96 Å². The SMILES string of the molecule is CC(C)NS(=O)(=O)NCCN=C(N)Nc1cccc2c1CCCC2.I. The molecule has 0 spiro atoms. The zero-order valence-corrected chi connectivity index (χ0v) is 17.9. The molecular weight excluding hydrogens is 453 g/mol. The number of hydrogen-bond acceptors (Lipinski definition) is 3. The van der Waals surface area contributed by atoms with Gasteiger partial charge in [-0.1, -0.05) is 12.1 Å². The summed E-state index contributed by atoms with van der Waals surface area (Å²) in [4.78, 5) is 4.18. The zero-order chi connectivity index (χ0) is 17.6. The fraction of sp³-hybridized carbons (Fsp3) is 0.562. The molecule has 0 fully saturated rings. The Labute approximate surface area is 167 Å². The van der Waals surface area contributed by atoms with Crippen molar-refractivity contribution in [3.8, 4) is 0 Å². The van der Waals surface area contributed by atoms with Crippen molar-refractivity contribution in [1.82, 2.24) is 9.44 Å². The average molecular weight is 481 g/mol. The van der Waals surface area contributed by atoms with Gasteiger partial charge in [0.25, 0.3) is 10.2 Å². The zero-order valence-electron chi connectivity index (χ0n) is 14.7. The quantitative estimate of drug-likeness (QED) is 0.206.